The second-order valence-electron chi connectivity index (χ2n) is 6.81. The van der Waals surface area contributed by atoms with Gasteiger partial charge in [0.15, 0.2) is 6.10 Å². The van der Waals surface area contributed by atoms with E-state index < -0.39 is 16.1 Å². The lowest BCUT2D eigenvalue weighted by atomic mass is 10.2. The second-order valence-corrected chi connectivity index (χ2v) is 9.11. The minimum Gasteiger partial charge on any atom is -0.379 e. The van der Waals surface area contributed by atoms with Gasteiger partial charge in [-0.1, -0.05) is 0 Å². The van der Waals surface area contributed by atoms with Crippen molar-refractivity contribution in [2.45, 2.75) is 25.6 Å². The van der Waals surface area contributed by atoms with Gasteiger partial charge in [-0.2, -0.15) is 5.10 Å². The van der Waals surface area contributed by atoms with E-state index in [1.165, 1.54) is 4.31 Å². The number of hydrogen-bond acceptors (Lipinski definition) is 6. The Morgan fingerprint density at radius 1 is 1.35 bits per heavy atom. The number of rotatable bonds is 7. The fourth-order valence-electron chi connectivity index (χ4n) is 3.09. The number of aromatic nitrogens is 4. The van der Waals surface area contributed by atoms with Crippen molar-refractivity contribution in [2.24, 2.45) is 7.05 Å². The first-order valence-corrected chi connectivity index (χ1v) is 10.2. The van der Waals surface area contributed by atoms with Crippen LogP contribution in [0.1, 0.15) is 29.7 Å². The lowest BCUT2D eigenvalue weighted by Gasteiger charge is -2.27. The molecule has 0 aliphatic carbocycles. The van der Waals surface area contributed by atoms with Crippen LogP contribution in [0.5, 0.6) is 0 Å². The molecule has 1 atom stereocenters. The molecule has 0 radical (unpaired) electrons. The van der Waals surface area contributed by atoms with Crippen LogP contribution in [0.25, 0.3) is 0 Å². The Morgan fingerprint density at radius 2 is 2.12 bits per heavy atom. The van der Waals surface area contributed by atoms with Crippen LogP contribution in [0.3, 0.4) is 0 Å². The van der Waals surface area contributed by atoms with Gasteiger partial charge in [0.05, 0.1) is 23.7 Å². The Balaban J connectivity index is 1.61. The van der Waals surface area contributed by atoms with E-state index in [2.05, 4.69) is 15.0 Å². The maximum atomic E-state index is 11.8. The minimum atomic E-state index is -3.15. The van der Waals surface area contributed by atoms with Gasteiger partial charge in [0.1, 0.15) is 5.82 Å². The Morgan fingerprint density at radius 3 is 2.77 bits per heavy atom. The lowest BCUT2D eigenvalue weighted by molar-refractivity contribution is 0.196. The Kier molecular flexibility index (Phi) is 5.47. The first kappa shape index (κ1) is 19.0. The fraction of sp³-hybridized carbons (Fsp3) is 0.625. The van der Waals surface area contributed by atoms with E-state index in [4.69, 9.17) is 0 Å². The number of hydrogen-bond donors (Lipinski definition) is 1. The largest absolute Gasteiger partial charge is 0.379 e. The zero-order chi connectivity index (χ0) is 18.9. The minimum absolute atomic E-state index is 0.152. The molecule has 2 aromatic heterocycles. The molecule has 9 nitrogen and oxygen atoms in total. The highest BCUT2D eigenvalue weighted by atomic mass is 32.2. The van der Waals surface area contributed by atoms with Crippen LogP contribution in [0.2, 0.25) is 0 Å². The van der Waals surface area contributed by atoms with Crippen LogP contribution in [-0.2, 0) is 30.2 Å². The van der Waals surface area contributed by atoms with E-state index in [0.29, 0.717) is 24.5 Å². The zero-order valence-electron chi connectivity index (χ0n) is 15.4. The summed E-state index contributed by atoms with van der Waals surface area (Å²) in [5.74, 6) is 0.713. The molecule has 0 saturated heterocycles. The third-order valence-electron chi connectivity index (χ3n) is 4.71. The molecular formula is C16H26N6O3S. The molecule has 0 aromatic carbocycles. The van der Waals surface area contributed by atoms with Crippen LogP contribution < -0.4 is 0 Å². The number of aliphatic hydroxyl groups is 1. The van der Waals surface area contributed by atoms with E-state index in [0.717, 1.165) is 25.3 Å². The molecule has 26 heavy (non-hydrogen) atoms. The van der Waals surface area contributed by atoms with Crippen molar-refractivity contribution in [3.63, 3.8) is 0 Å². The molecule has 0 fully saturated rings. The van der Waals surface area contributed by atoms with E-state index in [-0.39, 0.29) is 5.75 Å². The summed E-state index contributed by atoms with van der Waals surface area (Å²) in [4.78, 5) is 6.40. The third kappa shape index (κ3) is 3.98. The highest BCUT2D eigenvalue weighted by Crippen LogP contribution is 2.22. The van der Waals surface area contributed by atoms with Gasteiger partial charge in [-0.05, 0) is 19.0 Å². The van der Waals surface area contributed by atoms with Gasteiger partial charge < -0.3 is 9.67 Å². The summed E-state index contributed by atoms with van der Waals surface area (Å²) in [6.07, 6.45) is 3.18. The van der Waals surface area contributed by atoms with Gasteiger partial charge in [-0.15, -0.1) is 0 Å². The molecule has 0 spiro atoms. The number of aliphatic hydroxyl groups excluding tert-OH is 1. The molecule has 144 valence electrons. The van der Waals surface area contributed by atoms with Crippen molar-refractivity contribution in [1.82, 2.24) is 28.5 Å². The van der Waals surface area contributed by atoms with E-state index in [1.54, 1.807) is 31.1 Å². The summed E-state index contributed by atoms with van der Waals surface area (Å²) in [7, 11) is 1.81. The molecule has 0 saturated carbocycles. The molecule has 0 bridgehead atoms. The first-order valence-electron chi connectivity index (χ1n) is 8.62. The third-order valence-corrected chi connectivity index (χ3v) is 6.63. The van der Waals surface area contributed by atoms with Crippen LogP contribution in [0.15, 0.2) is 18.5 Å². The molecular weight excluding hydrogens is 356 g/mol. The number of imidazole rings is 1. The number of aryl methyl sites for hydroxylation is 1. The topological polar surface area (TPSA) is 96.5 Å². The monoisotopic (exact) mass is 382 g/mol. The molecule has 0 unspecified atom stereocenters. The summed E-state index contributed by atoms with van der Waals surface area (Å²) in [6.45, 7) is 2.95. The molecule has 3 rings (SSSR count). The van der Waals surface area contributed by atoms with Crippen molar-refractivity contribution in [2.75, 3.05) is 32.9 Å². The summed E-state index contributed by atoms with van der Waals surface area (Å²) >= 11 is 0. The molecule has 10 heteroatoms. The predicted molar refractivity (Wildman–Crippen MR) is 96.9 cm³/mol. The van der Waals surface area contributed by atoms with Crippen molar-refractivity contribution in [3.8, 4) is 0 Å². The van der Waals surface area contributed by atoms with Crippen LogP contribution in [0, 0.1) is 0 Å². The number of sulfonamides is 1. The Bertz CT molecular complexity index is 857. The fourth-order valence-corrected chi connectivity index (χ4v) is 3.95. The second kappa shape index (κ2) is 7.47. The maximum absolute atomic E-state index is 11.8. The van der Waals surface area contributed by atoms with Gasteiger partial charge in [-0.3, -0.25) is 9.58 Å². The lowest BCUT2D eigenvalue weighted by Crippen LogP contribution is -2.35. The molecule has 1 aliphatic heterocycles. The standard InChI is InChI=1S/C16H26N6O3S/c1-19(2)26(24,25)10-4-6-21-8-9-22-13(12-21)11-14(18-22)15(23)16-17-5-7-20(16)3/h5,7,11,15,23H,4,6,8-10,12H2,1-3H3/t15-/m0/s1. The number of nitrogens with zero attached hydrogens (tertiary/aromatic N) is 6. The van der Waals surface area contributed by atoms with Crippen molar-refractivity contribution in [3.05, 3.63) is 35.7 Å². The van der Waals surface area contributed by atoms with Crippen LogP contribution in [0.4, 0.5) is 0 Å². The zero-order valence-corrected chi connectivity index (χ0v) is 16.2. The normalized spacial score (nSPS) is 16.8. The van der Waals surface area contributed by atoms with Gasteiger partial charge in [0.25, 0.3) is 0 Å². The van der Waals surface area contributed by atoms with Crippen molar-refractivity contribution in [1.29, 1.82) is 0 Å². The maximum Gasteiger partial charge on any atom is 0.213 e. The smallest absolute Gasteiger partial charge is 0.213 e. The van der Waals surface area contributed by atoms with Gasteiger partial charge in [0, 0.05) is 46.6 Å². The Hall–Kier alpha value is -1.75. The van der Waals surface area contributed by atoms with E-state index in [9.17, 15) is 13.5 Å². The van der Waals surface area contributed by atoms with Gasteiger partial charge in [0.2, 0.25) is 10.0 Å². The van der Waals surface area contributed by atoms with Crippen molar-refractivity contribution >= 4 is 10.0 Å². The molecule has 0 amide bonds. The molecule has 3 heterocycles. The average Bonchev–Trinajstić information content (AvgIpc) is 3.19. The van der Waals surface area contributed by atoms with Gasteiger partial charge in [-0.25, -0.2) is 17.7 Å². The summed E-state index contributed by atoms with van der Waals surface area (Å²) in [5.41, 5.74) is 1.61. The Labute approximate surface area is 153 Å². The van der Waals surface area contributed by atoms with Crippen molar-refractivity contribution < 1.29 is 13.5 Å². The average molecular weight is 382 g/mol. The molecule has 1 aliphatic rings. The first-order chi connectivity index (χ1) is 12.3. The highest BCUT2D eigenvalue weighted by molar-refractivity contribution is 7.89. The SMILES string of the molecule is CN(C)S(=O)(=O)CCCN1CCn2nc([C@H](O)c3nccn3C)cc2C1. The molecule has 2 aromatic rings. The number of fused-ring (bicyclic) bond motifs is 1. The predicted octanol–water partition coefficient (Wildman–Crippen LogP) is -0.205. The summed E-state index contributed by atoms with van der Waals surface area (Å²) < 4.78 is 28.6. The van der Waals surface area contributed by atoms with Gasteiger partial charge >= 0.3 is 0 Å². The van der Waals surface area contributed by atoms with E-state index >= 15 is 0 Å². The molecule has 1 N–H and O–H groups in total. The van der Waals surface area contributed by atoms with E-state index in [1.807, 2.05) is 17.8 Å². The summed E-state index contributed by atoms with van der Waals surface area (Å²) in [5, 5.41) is 15.0. The quantitative estimate of drug-likeness (QED) is 0.712. The summed E-state index contributed by atoms with van der Waals surface area (Å²) in [6, 6.07) is 1.90. The van der Waals surface area contributed by atoms with Crippen LogP contribution in [-0.4, -0.2) is 75.0 Å². The van der Waals surface area contributed by atoms with Crippen LogP contribution >= 0.6 is 0 Å². The highest BCUT2D eigenvalue weighted by Gasteiger charge is 2.24.